The molecule has 208 valence electrons. The van der Waals surface area contributed by atoms with Crippen LogP contribution in [0.25, 0.3) is 12.2 Å². The van der Waals surface area contributed by atoms with Crippen LogP contribution in [0.15, 0.2) is 84.9 Å². The number of rotatable bonds is 12. The summed E-state index contributed by atoms with van der Waals surface area (Å²) in [6, 6.07) is 15.6. The van der Waals surface area contributed by atoms with Gasteiger partial charge in [0.15, 0.2) is 11.6 Å². The van der Waals surface area contributed by atoms with Gasteiger partial charge in [-0.25, -0.2) is 14.4 Å². The summed E-state index contributed by atoms with van der Waals surface area (Å²) in [4.78, 5) is 72.6. The smallest absolute Gasteiger partial charge is 0.335 e. The van der Waals surface area contributed by atoms with E-state index >= 15 is 0 Å². The Morgan fingerprint density at radius 3 is 1.24 bits per heavy atom. The molecule has 3 rings (SSSR count). The molecule has 0 aliphatic heterocycles. The van der Waals surface area contributed by atoms with Crippen molar-refractivity contribution < 1.29 is 44.1 Å². The molecule has 0 aliphatic rings. The van der Waals surface area contributed by atoms with Gasteiger partial charge in [-0.2, -0.15) is 0 Å². The van der Waals surface area contributed by atoms with E-state index in [2.05, 4.69) is 5.32 Å². The number of ketones is 2. The molecular weight excluding hydrogens is 530 g/mol. The third-order valence-electron chi connectivity index (χ3n) is 6.02. The van der Waals surface area contributed by atoms with Crippen molar-refractivity contribution in [2.45, 2.75) is 13.0 Å². The number of amides is 1. The van der Waals surface area contributed by atoms with Crippen molar-refractivity contribution in [3.05, 3.63) is 118 Å². The molecule has 0 heterocycles. The zero-order chi connectivity index (χ0) is 30.1. The molecule has 3 aromatic rings. The van der Waals surface area contributed by atoms with Crippen molar-refractivity contribution in [1.29, 1.82) is 0 Å². The van der Waals surface area contributed by atoms with E-state index in [1.165, 1.54) is 91.9 Å². The number of carboxylic acid groups (broad SMARTS) is 3. The van der Waals surface area contributed by atoms with Gasteiger partial charge in [0.25, 0.3) is 0 Å². The number of hydrogen-bond acceptors (Lipinski definition) is 6. The zero-order valence-electron chi connectivity index (χ0n) is 21.7. The molecule has 1 amide bonds. The van der Waals surface area contributed by atoms with Gasteiger partial charge in [-0.05, 0) is 65.2 Å². The number of carboxylic acids is 3. The van der Waals surface area contributed by atoms with Crippen molar-refractivity contribution in [3.8, 4) is 0 Å². The zero-order valence-corrected chi connectivity index (χ0v) is 21.7. The number of carbonyl (C=O) groups is 6. The summed E-state index contributed by atoms with van der Waals surface area (Å²) in [5, 5.41) is 30.0. The summed E-state index contributed by atoms with van der Waals surface area (Å²) in [5.74, 6) is -6.75. The topological polar surface area (TPSA) is 175 Å². The molecule has 10 nitrogen and oxygen atoms in total. The molecule has 1 unspecified atom stereocenters. The molecule has 3 aromatic carbocycles. The van der Waals surface area contributed by atoms with Crippen molar-refractivity contribution >= 4 is 47.5 Å². The fourth-order valence-corrected chi connectivity index (χ4v) is 3.92. The number of allylic oxidation sites excluding steroid dienone is 2. The maximum atomic E-state index is 13.5. The van der Waals surface area contributed by atoms with Crippen LogP contribution in [-0.2, 0) is 14.4 Å². The van der Waals surface area contributed by atoms with Gasteiger partial charge in [-0.15, -0.1) is 0 Å². The van der Waals surface area contributed by atoms with Crippen LogP contribution >= 0.6 is 0 Å². The van der Waals surface area contributed by atoms with Crippen LogP contribution in [0.1, 0.15) is 60.7 Å². The maximum Gasteiger partial charge on any atom is 0.335 e. The molecule has 0 aromatic heterocycles. The number of benzene rings is 3. The normalized spacial score (nSPS) is 12.5. The third kappa shape index (κ3) is 8.17. The Balaban J connectivity index is 2.00. The number of aromatic carboxylic acids is 3. The summed E-state index contributed by atoms with van der Waals surface area (Å²) in [7, 11) is 0. The van der Waals surface area contributed by atoms with Gasteiger partial charge >= 0.3 is 17.9 Å². The Morgan fingerprint density at radius 2 is 0.927 bits per heavy atom. The third-order valence-corrected chi connectivity index (χ3v) is 6.02. The second-order valence-electron chi connectivity index (χ2n) is 8.91. The molecule has 0 saturated carbocycles. The Kier molecular flexibility index (Phi) is 9.80. The highest BCUT2D eigenvalue weighted by Gasteiger charge is 2.34. The molecule has 0 fully saturated rings. The highest BCUT2D eigenvalue weighted by Crippen LogP contribution is 2.27. The first-order valence-corrected chi connectivity index (χ1v) is 12.2. The maximum absolute atomic E-state index is 13.5. The molecule has 0 aliphatic carbocycles. The predicted octanol–water partition coefficient (Wildman–Crippen LogP) is 4.14. The van der Waals surface area contributed by atoms with Crippen LogP contribution in [0, 0.1) is 5.92 Å². The van der Waals surface area contributed by atoms with Gasteiger partial charge in [-0.1, -0.05) is 48.6 Å². The molecule has 0 bridgehead atoms. The monoisotopic (exact) mass is 555 g/mol. The fraction of sp³-hybridized carbons (Fsp3) is 0.0968. The fourth-order valence-electron chi connectivity index (χ4n) is 3.92. The molecule has 0 radical (unpaired) electrons. The first kappa shape index (κ1) is 29.9. The van der Waals surface area contributed by atoms with Gasteiger partial charge in [0.2, 0.25) is 5.91 Å². The lowest BCUT2D eigenvalue weighted by Gasteiger charge is -2.25. The van der Waals surface area contributed by atoms with E-state index in [9.17, 15) is 33.9 Å². The molecule has 41 heavy (non-hydrogen) atoms. The van der Waals surface area contributed by atoms with E-state index in [1.54, 1.807) is 0 Å². The standard InChI is InChI=1S/C31H25NO9/c1-18(33)32-28(21-12-14-24(15-13-21)31(40)41)27(25(34)16-6-19-2-8-22(9-3-19)29(36)37)26(35)17-7-20-4-10-23(11-5-20)30(38)39/h2-17,27-28H,1H3,(H,32,33)(H,36,37)(H,38,39)(H,40,41). The van der Waals surface area contributed by atoms with Crippen LogP contribution in [0.2, 0.25) is 0 Å². The van der Waals surface area contributed by atoms with Crippen molar-refractivity contribution in [2.24, 2.45) is 5.92 Å². The summed E-state index contributed by atoms with van der Waals surface area (Å²) >= 11 is 0. The minimum Gasteiger partial charge on any atom is -0.478 e. The first-order valence-electron chi connectivity index (χ1n) is 12.2. The minimum atomic E-state index is -1.46. The predicted molar refractivity (Wildman–Crippen MR) is 148 cm³/mol. The Bertz CT molecular complexity index is 1450. The van der Waals surface area contributed by atoms with Crippen molar-refractivity contribution in [2.75, 3.05) is 0 Å². The lowest BCUT2D eigenvalue weighted by atomic mass is 9.85. The summed E-state index contributed by atoms with van der Waals surface area (Å²) in [6.45, 7) is 1.21. The number of carbonyl (C=O) groups excluding carboxylic acids is 3. The largest absolute Gasteiger partial charge is 0.478 e. The van der Waals surface area contributed by atoms with Crippen molar-refractivity contribution in [1.82, 2.24) is 5.32 Å². The molecule has 1 atom stereocenters. The van der Waals surface area contributed by atoms with E-state index in [4.69, 9.17) is 10.2 Å². The Labute approximate surface area is 234 Å². The van der Waals surface area contributed by atoms with Gasteiger partial charge in [0.1, 0.15) is 5.92 Å². The number of nitrogens with one attached hydrogen (secondary N) is 1. The minimum absolute atomic E-state index is 0.0288. The van der Waals surface area contributed by atoms with Crippen LogP contribution < -0.4 is 5.32 Å². The second-order valence-corrected chi connectivity index (χ2v) is 8.91. The van der Waals surface area contributed by atoms with Gasteiger partial charge in [-0.3, -0.25) is 14.4 Å². The van der Waals surface area contributed by atoms with E-state index in [1.807, 2.05) is 0 Å². The SMILES string of the molecule is CC(=O)NC(c1ccc(C(=O)O)cc1)C(C(=O)C=Cc1ccc(C(=O)O)cc1)C(=O)C=Cc1ccc(C(=O)O)cc1. The Hall–Kier alpha value is -5.64. The van der Waals surface area contributed by atoms with Crippen molar-refractivity contribution in [3.63, 3.8) is 0 Å². The summed E-state index contributed by atoms with van der Waals surface area (Å²) in [6.07, 6.45) is 5.10. The molecular formula is C31H25NO9. The highest BCUT2D eigenvalue weighted by molar-refractivity contribution is 6.14. The Morgan fingerprint density at radius 1 is 0.585 bits per heavy atom. The lowest BCUT2D eigenvalue weighted by molar-refractivity contribution is -0.129. The van der Waals surface area contributed by atoms with Crippen LogP contribution in [0.5, 0.6) is 0 Å². The van der Waals surface area contributed by atoms with Gasteiger partial charge in [0, 0.05) is 6.92 Å². The number of hydrogen-bond donors (Lipinski definition) is 4. The van der Waals surface area contributed by atoms with E-state index < -0.39 is 47.3 Å². The average molecular weight is 556 g/mol. The highest BCUT2D eigenvalue weighted by atomic mass is 16.4. The van der Waals surface area contributed by atoms with Crippen LogP contribution in [0.4, 0.5) is 0 Å². The molecule has 0 spiro atoms. The van der Waals surface area contributed by atoms with E-state index in [-0.39, 0.29) is 16.7 Å². The molecule has 4 N–H and O–H groups in total. The van der Waals surface area contributed by atoms with Crippen LogP contribution in [0.3, 0.4) is 0 Å². The average Bonchev–Trinajstić information content (AvgIpc) is 2.94. The van der Waals surface area contributed by atoms with E-state index in [0.717, 1.165) is 12.2 Å². The first-order chi connectivity index (χ1) is 19.5. The molecule has 10 heteroatoms. The second kappa shape index (κ2) is 13.4. The quantitative estimate of drug-likeness (QED) is 0.189. The van der Waals surface area contributed by atoms with E-state index in [0.29, 0.717) is 16.7 Å². The lowest BCUT2D eigenvalue weighted by Crippen LogP contribution is -2.39. The van der Waals surface area contributed by atoms with Gasteiger partial charge < -0.3 is 20.6 Å². The van der Waals surface area contributed by atoms with Crippen LogP contribution in [-0.4, -0.2) is 50.7 Å². The molecule has 0 saturated heterocycles. The summed E-state index contributed by atoms with van der Waals surface area (Å²) < 4.78 is 0. The van der Waals surface area contributed by atoms with Gasteiger partial charge in [0.05, 0.1) is 22.7 Å². The summed E-state index contributed by atoms with van der Waals surface area (Å²) in [5.41, 5.74) is 1.38.